The first-order valence-electron chi connectivity index (χ1n) is 9.69. The van der Waals surface area contributed by atoms with Crippen LogP contribution >= 0.6 is 24.0 Å². The van der Waals surface area contributed by atoms with Gasteiger partial charge in [-0.3, -0.25) is 4.79 Å². The van der Waals surface area contributed by atoms with Crippen molar-refractivity contribution in [1.82, 2.24) is 20.5 Å². The highest BCUT2D eigenvalue weighted by molar-refractivity contribution is 14.0. The van der Waals surface area contributed by atoms with Crippen molar-refractivity contribution in [2.24, 2.45) is 10.9 Å². The van der Waals surface area contributed by atoms with Crippen molar-refractivity contribution in [3.05, 3.63) is 23.9 Å². The summed E-state index contributed by atoms with van der Waals surface area (Å²) >= 11 is 0. The molecular weight excluding hydrogens is 514 g/mol. The van der Waals surface area contributed by atoms with Gasteiger partial charge in [-0.25, -0.2) is 9.98 Å². The van der Waals surface area contributed by atoms with Gasteiger partial charge in [-0.05, 0) is 37.3 Å². The molecule has 1 aromatic rings. The summed E-state index contributed by atoms with van der Waals surface area (Å²) in [6.45, 7) is 3.19. The van der Waals surface area contributed by atoms with Crippen molar-refractivity contribution in [2.45, 2.75) is 38.9 Å². The molecule has 11 heteroatoms. The Morgan fingerprint density at radius 2 is 2.07 bits per heavy atom. The Morgan fingerprint density at radius 3 is 2.67 bits per heavy atom. The molecule has 7 nitrogen and oxygen atoms in total. The van der Waals surface area contributed by atoms with E-state index in [1.807, 2.05) is 6.92 Å². The molecule has 0 aliphatic carbocycles. The maximum absolute atomic E-state index is 12.3. The summed E-state index contributed by atoms with van der Waals surface area (Å²) in [7, 11) is 1.64. The van der Waals surface area contributed by atoms with E-state index in [1.54, 1.807) is 13.1 Å². The van der Waals surface area contributed by atoms with E-state index in [-0.39, 0.29) is 35.8 Å². The molecule has 170 valence electrons. The number of nitrogens with one attached hydrogen (secondary N) is 2. The van der Waals surface area contributed by atoms with Crippen LogP contribution in [0.15, 0.2) is 23.3 Å². The smallest absolute Gasteiger partial charge is 0.422 e. The van der Waals surface area contributed by atoms with Crippen molar-refractivity contribution in [2.75, 3.05) is 33.3 Å². The minimum absolute atomic E-state index is 0. The first-order chi connectivity index (χ1) is 13.8. The van der Waals surface area contributed by atoms with Gasteiger partial charge in [-0.15, -0.1) is 24.0 Å². The van der Waals surface area contributed by atoms with E-state index in [4.69, 9.17) is 4.74 Å². The second kappa shape index (κ2) is 12.8. The molecule has 0 spiro atoms. The summed E-state index contributed by atoms with van der Waals surface area (Å²) in [5, 5.41) is 5.91. The summed E-state index contributed by atoms with van der Waals surface area (Å²) in [6.07, 6.45) is -0.646. The number of aromatic nitrogens is 1. The number of alkyl halides is 3. The Morgan fingerprint density at radius 1 is 1.37 bits per heavy atom. The molecule has 1 aromatic heterocycles. The number of guanidine groups is 1. The summed E-state index contributed by atoms with van der Waals surface area (Å²) in [4.78, 5) is 22.1. The van der Waals surface area contributed by atoms with Crippen LogP contribution in [0.5, 0.6) is 5.88 Å². The molecule has 1 amide bonds. The number of carbonyl (C=O) groups excluding carboxylic acids is 1. The molecule has 0 atom stereocenters. The molecule has 2 heterocycles. The number of ether oxygens (including phenoxy) is 1. The van der Waals surface area contributed by atoms with E-state index in [2.05, 4.69) is 25.5 Å². The number of aliphatic imine (C=N–C) groups is 1. The van der Waals surface area contributed by atoms with Gasteiger partial charge in [-0.2, -0.15) is 13.2 Å². The van der Waals surface area contributed by atoms with Gasteiger partial charge in [0.15, 0.2) is 12.6 Å². The second-order valence-corrected chi connectivity index (χ2v) is 6.88. The van der Waals surface area contributed by atoms with E-state index in [1.165, 1.54) is 12.3 Å². The molecule has 2 rings (SSSR count). The third kappa shape index (κ3) is 9.35. The van der Waals surface area contributed by atoms with Gasteiger partial charge in [0.05, 0.1) is 6.54 Å². The topological polar surface area (TPSA) is 78.9 Å². The summed E-state index contributed by atoms with van der Waals surface area (Å²) in [5.41, 5.74) is 0.710. The van der Waals surface area contributed by atoms with Crippen LogP contribution < -0.4 is 15.4 Å². The Labute approximate surface area is 191 Å². The average molecular weight is 543 g/mol. The number of piperidine rings is 1. The largest absolute Gasteiger partial charge is 0.468 e. The number of hydrogen-bond acceptors (Lipinski definition) is 4. The zero-order chi connectivity index (χ0) is 21.3. The van der Waals surface area contributed by atoms with Gasteiger partial charge >= 0.3 is 6.18 Å². The number of amides is 1. The van der Waals surface area contributed by atoms with E-state index < -0.39 is 12.8 Å². The number of hydrogen-bond donors (Lipinski definition) is 2. The zero-order valence-corrected chi connectivity index (χ0v) is 19.5. The molecule has 0 unspecified atom stereocenters. The van der Waals surface area contributed by atoms with Crippen molar-refractivity contribution in [1.29, 1.82) is 0 Å². The number of pyridine rings is 1. The van der Waals surface area contributed by atoms with Crippen LogP contribution in [0.2, 0.25) is 0 Å². The molecule has 1 saturated heterocycles. The predicted molar refractivity (Wildman–Crippen MR) is 119 cm³/mol. The third-order valence-electron chi connectivity index (χ3n) is 4.60. The summed E-state index contributed by atoms with van der Waals surface area (Å²) in [6, 6.07) is 3.16. The summed E-state index contributed by atoms with van der Waals surface area (Å²) in [5.74, 6) is 1.10. The lowest BCUT2D eigenvalue weighted by molar-refractivity contribution is -0.154. The van der Waals surface area contributed by atoms with Gasteiger partial charge in [0.1, 0.15) is 0 Å². The van der Waals surface area contributed by atoms with Crippen LogP contribution in [0.25, 0.3) is 0 Å². The maximum Gasteiger partial charge on any atom is 0.422 e. The summed E-state index contributed by atoms with van der Waals surface area (Å²) < 4.78 is 41.6. The molecule has 1 fully saturated rings. The van der Waals surface area contributed by atoms with Crippen LogP contribution in [-0.4, -0.2) is 61.2 Å². The zero-order valence-electron chi connectivity index (χ0n) is 17.2. The van der Waals surface area contributed by atoms with E-state index in [9.17, 15) is 18.0 Å². The molecule has 1 aliphatic heterocycles. The number of nitrogens with zero attached hydrogens (tertiary/aromatic N) is 3. The third-order valence-corrected chi connectivity index (χ3v) is 4.60. The van der Waals surface area contributed by atoms with E-state index >= 15 is 0 Å². The fourth-order valence-electron chi connectivity index (χ4n) is 3.09. The van der Waals surface area contributed by atoms with Gasteiger partial charge in [0, 0.05) is 45.4 Å². The quantitative estimate of drug-likeness (QED) is 0.314. The number of halogens is 4. The molecule has 0 radical (unpaired) electrons. The Bertz CT molecular complexity index is 695. The highest BCUT2D eigenvalue weighted by Gasteiger charge is 2.28. The van der Waals surface area contributed by atoms with E-state index in [0.717, 1.165) is 31.9 Å². The van der Waals surface area contributed by atoms with Crippen LogP contribution in [0.3, 0.4) is 0 Å². The standard InChI is InChI=1S/C19H28F3N5O2.HI/c1-3-24-18(27-8-5-14(6-9-27)10-16(28)23-2)26-12-15-4-7-25-17(11-15)29-13-19(20,21)22;/h4,7,11,14H,3,5-6,8-10,12-13H2,1-2H3,(H,23,28)(H,24,26);1H. The van der Waals surface area contributed by atoms with Crippen molar-refractivity contribution < 1.29 is 22.7 Å². The highest BCUT2D eigenvalue weighted by Crippen LogP contribution is 2.21. The van der Waals surface area contributed by atoms with Gasteiger partial charge in [-0.1, -0.05) is 0 Å². The van der Waals surface area contributed by atoms with Crippen molar-refractivity contribution in [3.8, 4) is 5.88 Å². The van der Waals surface area contributed by atoms with Gasteiger partial charge in [0.2, 0.25) is 11.8 Å². The maximum atomic E-state index is 12.3. The van der Waals surface area contributed by atoms with E-state index in [0.29, 0.717) is 31.0 Å². The molecule has 2 N–H and O–H groups in total. The minimum Gasteiger partial charge on any atom is -0.468 e. The van der Waals surface area contributed by atoms with Crippen LogP contribution in [0, 0.1) is 5.92 Å². The number of likely N-dealkylation sites (tertiary alicyclic amines) is 1. The van der Waals surface area contributed by atoms with Crippen molar-refractivity contribution >= 4 is 35.8 Å². The Hall–Kier alpha value is -1.79. The van der Waals surface area contributed by atoms with Crippen LogP contribution in [0.1, 0.15) is 31.7 Å². The number of carbonyl (C=O) groups is 1. The SMILES string of the molecule is CCNC(=NCc1ccnc(OCC(F)(F)F)c1)N1CCC(CC(=O)NC)CC1.I. The molecule has 0 aromatic carbocycles. The first kappa shape index (κ1) is 26.2. The lowest BCUT2D eigenvalue weighted by Crippen LogP contribution is -2.46. The molecular formula is C19H29F3IN5O2. The molecule has 0 bridgehead atoms. The lowest BCUT2D eigenvalue weighted by Gasteiger charge is -2.34. The fourth-order valence-corrected chi connectivity index (χ4v) is 3.09. The minimum atomic E-state index is -4.40. The van der Waals surface area contributed by atoms with Crippen LogP contribution in [-0.2, 0) is 11.3 Å². The monoisotopic (exact) mass is 543 g/mol. The Kier molecular flexibility index (Phi) is 11.2. The lowest BCUT2D eigenvalue weighted by atomic mass is 9.93. The van der Waals surface area contributed by atoms with Gasteiger partial charge in [0.25, 0.3) is 0 Å². The molecule has 0 saturated carbocycles. The molecule has 30 heavy (non-hydrogen) atoms. The average Bonchev–Trinajstić information content (AvgIpc) is 2.70. The first-order valence-corrected chi connectivity index (χ1v) is 9.69. The Balaban J connectivity index is 0.00000450. The predicted octanol–water partition coefficient (Wildman–Crippen LogP) is 2.95. The van der Waals surface area contributed by atoms with Gasteiger partial charge < -0.3 is 20.3 Å². The van der Waals surface area contributed by atoms with Crippen LogP contribution in [0.4, 0.5) is 13.2 Å². The normalized spacial score (nSPS) is 15.4. The fraction of sp³-hybridized carbons (Fsp3) is 0.632. The van der Waals surface area contributed by atoms with Crippen molar-refractivity contribution in [3.63, 3.8) is 0 Å². The second-order valence-electron chi connectivity index (χ2n) is 6.88. The molecule has 1 aliphatic rings. The number of rotatable bonds is 7. The highest BCUT2D eigenvalue weighted by atomic mass is 127.